The minimum absolute atomic E-state index is 0.0741. The zero-order valence-corrected chi connectivity index (χ0v) is 9.01. The smallest absolute Gasteiger partial charge is 0.319 e. The van der Waals surface area contributed by atoms with Crippen LogP contribution in [0.15, 0.2) is 0 Å². The normalized spacial score (nSPS) is 11.2. The molecule has 0 N–H and O–H groups in total. The molecule has 0 saturated heterocycles. The summed E-state index contributed by atoms with van der Waals surface area (Å²) in [5, 5.41) is 0. The second-order valence-corrected chi connectivity index (χ2v) is 4.09. The van der Waals surface area contributed by atoms with Crippen LogP contribution in [0.3, 0.4) is 0 Å². The van der Waals surface area contributed by atoms with Gasteiger partial charge < -0.3 is 9.80 Å². The van der Waals surface area contributed by atoms with Crippen LogP contribution in [0.2, 0.25) is 0 Å². The number of carbonyl (C=O) groups is 1. The van der Waals surface area contributed by atoms with E-state index in [0.29, 0.717) is 0 Å². The predicted octanol–water partition coefficient (Wildman–Crippen LogP) is 1.79. The first-order chi connectivity index (χ1) is 5.30. The van der Waals surface area contributed by atoms with Gasteiger partial charge in [-0.05, 0) is 27.7 Å². The lowest BCUT2D eigenvalue weighted by Gasteiger charge is -2.36. The maximum atomic E-state index is 11.6. The van der Waals surface area contributed by atoms with Crippen LogP contribution >= 0.6 is 0 Å². The van der Waals surface area contributed by atoms with Crippen molar-refractivity contribution < 1.29 is 4.79 Å². The predicted molar refractivity (Wildman–Crippen MR) is 51.2 cm³/mol. The van der Waals surface area contributed by atoms with Gasteiger partial charge in [-0.15, -0.1) is 0 Å². The lowest BCUT2D eigenvalue weighted by molar-refractivity contribution is 0.127. The fraction of sp³-hybridized carbons (Fsp3) is 0.889. The summed E-state index contributed by atoms with van der Waals surface area (Å²) in [4.78, 5) is 15.0. The standard InChI is InChI=1S/C9H20N2O/c1-7-11(9(2,3)4)8(12)10(5)6/h7H2,1-6H3. The highest BCUT2D eigenvalue weighted by atomic mass is 16.2. The van der Waals surface area contributed by atoms with Gasteiger partial charge in [-0.2, -0.15) is 0 Å². The fourth-order valence-corrected chi connectivity index (χ4v) is 1.14. The number of rotatable bonds is 1. The van der Waals surface area contributed by atoms with Gasteiger partial charge in [0.1, 0.15) is 0 Å². The van der Waals surface area contributed by atoms with Gasteiger partial charge in [-0.25, -0.2) is 4.79 Å². The van der Waals surface area contributed by atoms with Crippen LogP contribution in [0, 0.1) is 0 Å². The summed E-state index contributed by atoms with van der Waals surface area (Å²) in [6.07, 6.45) is 0. The first-order valence-electron chi connectivity index (χ1n) is 4.29. The number of hydrogen-bond acceptors (Lipinski definition) is 1. The molecule has 72 valence electrons. The summed E-state index contributed by atoms with van der Waals surface area (Å²) >= 11 is 0. The van der Waals surface area contributed by atoms with Crippen LogP contribution in [0.1, 0.15) is 27.7 Å². The molecule has 3 heteroatoms. The quantitative estimate of drug-likeness (QED) is 0.591. The highest BCUT2D eigenvalue weighted by Gasteiger charge is 2.25. The average molecular weight is 172 g/mol. The zero-order chi connectivity index (χ0) is 9.94. The summed E-state index contributed by atoms with van der Waals surface area (Å²) < 4.78 is 0. The Hall–Kier alpha value is -0.730. The van der Waals surface area contributed by atoms with E-state index in [-0.39, 0.29) is 11.6 Å². The molecule has 0 atom stereocenters. The summed E-state index contributed by atoms with van der Waals surface area (Å²) in [6, 6.07) is 0.0741. The minimum Gasteiger partial charge on any atom is -0.331 e. The molecule has 0 aromatic rings. The molecule has 2 amide bonds. The van der Waals surface area contributed by atoms with Crippen LogP contribution in [-0.4, -0.2) is 42.0 Å². The van der Waals surface area contributed by atoms with Crippen molar-refractivity contribution in [2.75, 3.05) is 20.6 Å². The lowest BCUT2D eigenvalue weighted by atomic mass is 10.1. The Bertz CT molecular complexity index is 158. The van der Waals surface area contributed by atoms with Gasteiger partial charge in [0.05, 0.1) is 0 Å². The molecule has 12 heavy (non-hydrogen) atoms. The SMILES string of the molecule is CCN(C(=O)N(C)C)C(C)(C)C. The molecule has 0 bridgehead atoms. The molecule has 0 saturated carbocycles. The van der Waals surface area contributed by atoms with Crippen LogP contribution in [0.25, 0.3) is 0 Å². The molecule has 0 aliphatic heterocycles. The van der Waals surface area contributed by atoms with Crippen molar-refractivity contribution in [3.63, 3.8) is 0 Å². The van der Waals surface area contributed by atoms with E-state index < -0.39 is 0 Å². The van der Waals surface area contributed by atoms with Crippen molar-refractivity contribution in [1.82, 2.24) is 9.80 Å². The largest absolute Gasteiger partial charge is 0.331 e. The molecule has 0 aliphatic rings. The van der Waals surface area contributed by atoms with Crippen molar-refractivity contribution in [3.05, 3.63) is 0 Å². The molecule has 0 unspecified atom stereocenters. The van der Waals surface area contributed by atoms with Gasteiger partial charge in [-0.1, -0.05) is 0 Å². The Labute approximate surface area is 75.3 Å². The van der Waals surface area contributed by atoms with E-state index in [4.69, 9.17) is 0 Å². The van der Waals surface area contributed by atoms with E-state index in [1.54, 1.807) is 19.0 Å². The van der Waals surface area contributed by atoms with Gasteiger partial charge in [0, 0.05) is 26.2 Å². The molecule has 0 fully saturated rings. The van der Waals surface area contributed by atoms with Gasteiger partial charge in [0.15, 0.2) is 0 Å². The average Bonchev–Trinajstić information content (AvgIpc) is 1.85. The Morgan fingerprint density at radius 1 is 1.25 bits per heavy atom. The van der Waals surface area contributed by atoms with Crippen LogP contribution in [0.5, 0.6) is 0 Å². The van der Waals surface area contributed by atoms with E-state index in [2.05, 4.69) is 0 Å². The number of urea groups is 1. The van der Waals surface area contributed by atoms with Gasteiger partial charge in [0.2, 0.25) is 0 Å². The van der Waals surface area contributed by atoms with E-state index >= 15 is 0 Å². The van der Waals surface area contributed by atoms with E-state index in [1.165, 1.54) is 0 Å². The number of carbonyl (C=O) groups excluding carboxylic acids is 1. The Balaban J connectivity index is 4.47. The molecule has 0 spiro atoms. The van der Waals surface area contributed by atoms with E-state index in [0.717, 1.165) is 6.54 Å². The second-order valence-electron chi connectivity index (χ2n) is 4.09. The molecule has 0 aromatic heterocycles. The van der Waals surface area contributed by atoms with Crippen molar-refractivity contribution >= 4 is 6.03 Å². The monoisotopic (exact) mass is 172 g/mol. The highest BCUT2D eigenvalue weighted by Crippen LogP contribution is 2.13. The molecule has 0 heterocycles. The maximum Gasteiger partial charge on any atom is 0.319 e. The summed E-state index contributed by atoms with van der Waals surface area (Å²) in [5.41, 5.74) is -0.0872. The summed E-state index contributed by atoms with van der Waals surface area (Å²) in [6.45, 7) is 8.86. The first-order valence-corrected chi connectivity index (χ1v) is 4.29. The number of amides is 2. The third kappa shape index (κ3) is 2.72. The van der Waals surface area contributed by atoms with Crippen LogP contribution in [-0.2, 0) is 0 Å². The van der Waals surface area contributed by atoms with Crippen molar-refractivity contribution in [2.24, 2.45) is 0 Å². The number of nitrogens with zero attached hydrogens (tertiary/aromatic N) is 2. The molecular formula is C9H20N2O. The second kappa shape index (κ2) is 3.78. The highest BCUT2D eigenvalue weighted by molar-refractivity contribution is 5.74. The third-order valence-corrected chi connectivity index (χ3v) is 1.74. The van der Waals surface area contributed by atoms with Gasteiger partial charge in [0.25, 0.3) is 0 Å². The van der Waals surface area contributed by atoms with Crippen molar-refractivity contribution in [3.8, 4) is 0 Å². The minimum atomic E-state index is -0.0872. The van der Waals surface area contributed by atoms with Crippen LogP contribution < -0.4 is 0 Å². The molecule has 0 radical (unpaired) electrons. The topological polar surface area (TPSA) is 23.6 Å². The Kier molecular flexibility index (Phi) is 3.55. The van der Waals surface area contributed by atoms with Crippen LogP contribution in [0.4, 0.5) is 4.79 Å². The Morgan fingerprint density at radius 3 is 1.75 bits per heavy atom. The summed E-state index contributed by atoms with van der Waals surface area (Å²) in [5.74, 6) is 0. The molecular weight excluding hydrogens is 152 g/mol. The fourth-order valence-electron chi connectivity index (χ4n) is 1.14. The lowest BCUT2D eigenvalue weighted by Crippen LogP contribution is -2.49. The zero-order valence-electron chi connectivity index (χ0n) is 9.01. The Morgan fingerprint density at radius 2 is 1.67 bits per heavy atom. The van der Waals surface area contributed by atoms with Gasteiger partial charge >= 0.3 is 6.03 Å². The number of hydrogen-bond donors (Lipinski definition) is 0. The van der Waals surface area contributed by atoms with Gasteiger partial charge in [-0.3, -0.25) is 0 Å². The van der Waals surface area contributed by atoms with Crippen molar-refractivity contribution in [2.45, 2.75) is 33.2 Å². The van der Waals surface area contributed by atoms with E-state index in [9.17, 15) is 4.79 Å². The summed E-state index contributed by atoms with van der Waals surface area (Å²) in [7, 11) is 3.55. The molecule has 0 rings (SSSR count). The third-order valence-electron chi connectivity index (χ3n) is 1.74. The maximum absolute atomic E-state index is 11.6. The molecule has 0 aliphatic carbocycles. The first kappa shape index (κ1) is 11.3. The van der Waals surface area contributed by atoms with Crippen molar-refractivity contribution in [1.29, 1.82) is 0 Å². The molecule has 0 aromatic carbocycles. The van der Waals surface area contributed by atoms with E-state index in [1.807, 2.05) is 32.6 Å². The molecule has 3 nitrogen and oxygen atoms in total.